The third kappa shape index (κ3) is 2.90. The third-order valence-electron chi connectivity index (χ3n) is 2.94. The Labute approximate surface area is 112 Å². The first kappa shape index (κ1) is 13.5. The van der Waals surface area contributed by atoms with Crippen LogP contribution in [0.5, 0.6) is 0 Å². The number of tetrazole rings is 1. The molecule has 6 heteroatoms. The van der Waals surface area contributed by atoms with E-state index in [1.54, 1.807) is 4.68 Å². The number of nitrogen functional groups attached to an aromatic ring is 1. The summed E-state index contributed by atoms with van der Waals surface area (Å²) in [6.45, 7) is 7.23. The molecule has 1 heterocycles. The van der Waals surface area contributed by atoms with Crippen LogP contribution in [-0.4, -0.2) is 32.9 Å². The molecule has 1 atom stereocenters. The van der Waals surface area contributed by atoms with Gasteiger partial charge in [0.05, 0.1) is 12.6 Å². The van der Waals surface area contributed by atoms with E-state index < -0.39 is 0 Å². The minimum absolute atomic E-state index is 0.0532. The van der Waals surface area contributed by atoms with Crippen LogP contribution in [0.25, 0.3) is 11.4 Å². The topological polar surface area (TPSA) is 78.8 Å². The van der Waals surface area contributed by atoms with Crippen LogP contribution in [0.4, 0.5) is 5.69 Å². The van der Waals surface area contributed by atoms with Crippen LogP contribution in [0.1, 0.15) is 19.4 Å². The van der Waals surface area contributed by atoms with E-state index in [1.165, 1.54) is 0 Å². The molecule has 2 N–H and O–H groups in total. The molecule has 19 heavy (non-hydrogen) atoms. The predicted octanol–water partition coefficient (Wildman–Crippen LogP) is 1.66. The van der Waals surface area contributed by atoms with Gasteiger partial charge in [-0.3, -0.25) is 0 Å². The van der Waals surface area contributed by atoms with Crippen LogP contribution in [0.15, 0.2) is 18.2 Å². The maximum Gasteiger partial charge on any atom is 0.184 e. The summed E-state index contributed by atoms with van der Waals surface area (Å²) in [7, 11) is 0. The van der Waals surface area contributed by atoms with Crippen molar-refractivity contribution in [1.82, 2.24) is 20.2 Å². The highest BCUT2D eigenvalue weighted by Gasteiger charge is 2.16. The first-order chi connectivity index (χ1) is 9.13. The molecule has 6 nitrogen and oxygen atoms in total. The average Bonchev–Trinajstić information content (AvgIpc) is 2.77. The van der Waals surface area contributed by atoms with Gasteiger partial charge in [-0.2, -0.15) is 0 Å². The van der Waals surface area contributed by atoms with Gasteiger partial charge in [0.1, 0.15) is 0 Å². The standard InChI is InChI=1S/C13H19N5O/c1-4-19-10(3)8-18-13(15-16-17-18)12-9(2)6-5-7-11(12)14/h5-7,10H,4,8,14H2,1-3H3. The molecule has 1 unspecified atom stereocenters. The minimum atomic E-state index is 0.0532. The van der Waals surface area contributed by atoms with Crippen LogP contribution < -0.4 is 5.73 Å². The summed E-state index contributed by atoms with van der Waals surface area (Å²) < 4.78 is 7.25. The number of hydrogen-bond donors (Lipinski definition) is 1. The second-order valence-corrected chi connectivity index (χ2v) is 4.49. The van der Waals surface area contributed by atoms with Gasteiger partial charge in [-0.25, -0.2) is 4.68 Å². The van der Waals surface area contributed by atoms with Crippen molar-refractivity contribution < 1.29 is 4.74 Å². The molecule has 0 amide bonds. The molecule has 0 bridgehead atoms. The Hall–Kier alpha value is -1.95. The van der Waals surface area contributed by atoms with Crippen LogP contribution >= 0.6 is 0 Å². The Kier molecular flexibility index (Phi) is 4.11. The molecule has 1 aromatic heterocycles. The van der Waals surface area contributed by atoms with Gasteiger partial charge in [0.25, 0.3) is 0 Å². The van der Waals surface area contributed by atoms with Crippen molar-refractivity contribution in [3.05, 3.63) is 23.8 Å². The van der Waals surface area contributed by atoms with Crippen molar-refractivity contribution in [1.29, 1.82) is 0 Å². The number of aryl methyl sites for hydroxylation is 1. The number of rotatable bonds is 5. The molecule has 0 spiro atoms. The van der Waals surface area contributed by atoms with E-state index in [1.807, 2.05) is 39.0 Å². The largest absolute Gasteiger partial charge is 0.398 e. The first-order valence-corrected chi connectivity index (χ1v) is 6.36. The molecule has 0 aliphatic rings. The van der Waals surface area contributed by atoms with E-state index >= 15 is 0 Å². The smallest absolute Gasteiger partial charge is 0.184 e. The molecule has 2 aromatic rings. The number of benzene rings is 1. The molecule has 0 aliphatic carbocycles. The Morgan fingerprint density at radius 3 is 2.89 bits per heavy atom. The Balaban J connectivity index is 2.34. The fourth-order valence-electron chi connectivity index (χ4n) is 2.08. The van der Waals surface area contributed by atoms with E-state index in [0.717, 1.165) is 11.1 Å². The van der Waals surface area contributed by atoms with Crippen LogP contribution in [-0.2, 0) is 11.3 Å². The summed E-state index contributed by atoms with van der Waals surface area (Å²) in [6.07, 6.45) is 0.0532. The van der Waals surface area contributed by atoms with Crippen molar-refractivity contribution in [3.8, 4) is 11.4 Å². The summed E-state index contributed by atoms with van der Waals surface area (Å²) in [6, 6.07) is 5.77. The van der Waals surface area contributed by atoms with E-state index in [-0.39, 0.29) is 6.10 Å². The average molecular weight is 261 g/mol. The van der Waals surface area contributed by atoms with E-state index in [9.17, 15) is 0 Å². The van der Waals surface area contributed by atoms with Gasteiger partial charge < -0.3 is 10.5 Å². The van der Waals surface area contributed by atoms with E-state index in [2.05, 4.69) is 15.5 Å². The lowest BCUT2D eigenvalue weighted by Gasteiger charge is -2.13. The fraction of sp³-hybridized carbons (Fsp3) is 0.462. The van der Waals surface area contributed by atoms with Crippen molar-refractivity contribution >= 4 is 5.69 Å². The van der Waals surface area contributed by atoms with Crippen LogP contribution in [0.2, 0.25) is 0 Å². The lowest BCUT2D eigenvalue weighted by molar-refractivity contribution is 0.0614. The molecular weight excluding hydrogens is 242 g/mol. The quantitative estimate of drug-likeness (QED) is 0.828. The van der Waals surface area contributed by atoms with E-state index in [4.69, 9.17) is 10.5 Å². The zero-order valence-corrected chi connectivity index (χ0v) is 11.5. The summed E-state index contributed by atoms with van der Waals surface area (Å²) in [4.78, 5) is 0. The molecular formula is C13H19N5O. The van der Waals surface area contributed by atoms with Gasteiger partial charge in [0, 0.05) is 17.9 Å². The van der Waals surface area contributed by atoms with Crippen LogP contribution in [0, 0.1) is 6.92 Å². The third-order valence-corrected chi connectivity index (χ3v) is 2.94. The van der Waals surface area contributed by atoms with Crippen LogP contribution in [0.3, 0.4) is 0 Å². The van der Waals surface area contributed by atoms with Gasteiger partial charge in [-0.05, 0) is 42.8 Å². The number of hydrogen-bond acceptors (Lipinski definition) is 5. The summed E-state index contributed by atoms with van der Waals surface area (Å²) >= 11 is 0. The van der Waals surface area contributed by atoms with Gasteiger partial charge in [0.15, 0.2) is 5.82 Å². The molecule has 1 aromatic carbocycles. The zero-order chi connectivity index (χ0) is 13.8. The Morgan fingerprint density at radius 1 is 1.42 bits per heavy atom. The van der Waals surface area contributed by atoms with Gasteiger partial charge in [-0.15, -0.1) is 5.10 Å². The minimum Gasteiger partial charge on any atom is -0.398 e. The molecule has 102 valence electrons. The summed E-state index contributed by atoms with van der Waals surface area (Å²) in [5, 5.41) is 11.9. The SMILES string of the molecule is CCOC(C)Cn1nnnc1-c1c(C)cccc1N. The molecule has 2 rings (SSSR count). The van der Waals surface area contributed by atoms with Crippen molar-refractivity contribution in [2.75, 3.05) is 12.3 Å². The fourth-order valence-corrected chi connectivity index (χ4v) is 2.08. The monoisotopic (exact) mass is 261 g/mol. The van der Waals surface area contributed by atoms with Gasteiger partial charge in [0.2, 0.25) is 0 Å². The highest BCUT2D eigenvalue weighted by atomic mass is 16.5. The number of anilines is 1. The normalized spacial score (nSPS) is 12.6. The zero-order valence-electron chi connectivity index (χ0n) is 11.5. The molecule has 0 saturated heterocycles. The van der Waals surface area contributed by atoms with Gasteiger partial charge in [-0.1, -0.05) is 12.1 Å². The van der Waals surface area contributed by atoms with Crippen molar-refractivity contribution in [2.45, 2.75) is 33.4 Å². The maximum atomic E-state index is 6.03. The molecule has 0 aliphatic heterocycles. The van der Waals surface area contributed by atoms with E-state index in [0.29, 0.717) is 24.7 Å². The van der Waals surface area contributed by atoms with Crippen molar-refractivity contribution in [2.24, 2.45) is 0 Å². The number of ether oxygens (including phenoxy) is 1. The maximum absolute atomic E-state index is 6.03. The second-order valence-electron chi connectivity index (χ2n) is 4.49. The Bertz CT molecular complexity index is 531. The summed E-state index contributed by atoms with van der Waals surface area (Å²) in [5.41, 5.74) is 8.65. The van der Waals surface area contributed by atoms with Gasteiger partial charge >= 0.3 is 0 Å². The molecule has 0 saturated carbocycles. The highest BCUT2D eigenvalue weighted by molar-refractivity contribution is 5.74. The first-order valence-electron chi connectivity index (χ1n) is 6.36. The van der Waals surface area contributed by atoms with Crippen molar-refractivity contribution in [3.63, 3.8) is 0 Å². The molecule has 0 radical (unpaired) electrons. The highest BCUT2D eigenvalue weighted by Crippen LogP contribution is 2.27. The molecule has 0 fully saturated rings. The second kappa shape index (κ2) is 5.79. The number of aromatic nitrogens is 4. The lowest BCUT2D eigenvalue weighted by Crippen LogP contribution is -2.18. The number of nitrogens with zero attached hydrogens (tertiary/aromatic N) is 4. The predicted molar refractivity (Wildman–Crippen MR) is 73.5 cm³/mol. The number of nitrogens with two attached hydrogens (primary N) is 1. The Morgan fingerprint density at radius 2 is 2.21 bits per heavy atom. The lowest BCUT2D eigenvalue weighted by atomic mass is 10.1. The summed E-state index contributed by atoms with van der Waals surface area (Å²) in [5.74, 6) is 0.683.